The van der Waals surface area contributed by atoms with Crippen LogP contribution in [-0.4, -0.2) is 72.8 Å². The van der Waals surface area contributed by atoms with Gasteiger partial charge in [0.15, 0.2) is 0 Å². The van der Waals surface area contributed by atoms with E-state index in [1.165, 1.54) is 0 Å². The second kappa shape index (κ2) is 8.50. The molecular formula is C24H25N3O2. The van der Waals surface area contributed by atoms with E-state index in [4.69, 9.17) is 0 Å². The molecular weight excluding hydrogens is 362 g/mol. The zero-order valence-corrected chi connectivity index (χ0v) is 16.7. The third-order valence-electron chi connectivity index (χ3n) is 5.58. The molecule has 0 radical (unpaired) electrons. The second-order valence-corrected chi connectivity index (χ2v) is 7.65. The van der Waals surface area contributed by atoms with Gasteiger partial charge in [-0.05, 0) is 49.4 Å². The molecule has 0 aromatic heterocycles. The number of hydrogen-bond donors (Lipinski definition) is 0. The third kappa shape index (κ3) is 4.49. The molecule has 2 aliphatic heterocycles. The summed E-state index contributed by atoms with van der Waals surface area (Å²) in [6.07, 6.45) is 0.748. The zero-order valence-electron chi connectivity index (χ0n) is 16.7. The molecule has 0 saturated carbocycles. The standard InChI is InChI=1S/C24H25N3O2/c1-25-13-15-26(16-14-25)23(28)18-27-12-11-21-17-20(9-10-22(21)24(27)29)8-7-19-5-3-2-4-6-19/h2-6,9-10,17H,11-16,18H2,1H3. The first-order chi connectivity index (χ1) is 14.1. The Balaban J connectivity index is 1.43. The summed E-state index contributed by atoms with van der Waals surface area (Å²) in [7, 11) is 2.06. The summed E-state index contributed by atoms with van der Waals surface area (Å²) in [5, 5.41) is 0. The monoisotopic (exact) mass is 387 g/mol. The second-order valence-electron chi connectivity index (χ2n) is 7.65. The molecule has 2 aromatic carbocycles. The summed E-state index contributed by atoms with van der Waals surface area (Å²) in [5.41, 5.74) is 3.57. The molecule has 1 saturated heterocycles. The van der Waals surface area contributed by atoms with Crippen LogP contribution in [0.5, 0.6) is 0 Å². The Morgan fingerprint density at radius 2 is 1.66 bits per heavy atom. The first-order valence-electron chi connectivity index (χ1n) is 10.1. The topological polar surface area (TPSA) is 43.9 Å². The Morgan fingerprint density at radius 3 is 2.41 bits per heavy atom. The molecule has 0 N–H and O–H groups in total. The molecule has 0 bridgehead atoms. The average Bonchev–Trinajstić information content (AvgIpc) is 2.75. The lowest BCUT2D eigenvalue weighted by atomic mass is 9.96. The summed E-state index contributed by atoms with van der Waals surface area (Å²) < 4.78 is 0. The molecule has 2 amide bonds. The van der Waals surface area contributed by atoms with Crippen LogP contribution < -0.4 is 0 Å². The van der Waals surface area contributed by atoms with E-state index in [0.717, 1.165) is 49.3 Å². The molecule has 0 aliphatic carbocycles. The van der Waals surface area contributed by atoms with Crippen LogP contribution in [0.15, 0.2) is 48.5 Å². The van der Waals surface area contributed by atoms with Gasteiger partial charge in [-0.1, -0.05) is 30.0 Å². The van der Waals surface area contributed by atoms with E-state index in [-0.39, 0.29) is 18.4 Å². The predicted molar refractivity (Wildman–Crippen MR) is 113 cm³/mol. The van der Waals surface area contributed by atoms with Crippen molar-refractivity contribution in [3.8, 4) is 11.8 Å². The number of amides is 2. The van der Waals surface area contributed by atoms with Gasteiger partial charge in [0.1, 0.15) is 6.54 Å². The van der Waals surface area contributed by atoms with Crippen molar-refractivity contribution in [1.82, 2.24) is 14.7 Å². The van der Waals surface area contributed by atoms with E-state index in [1.807, 2.05) is 53.4 Å². The van der Waals surface area contributed by atoms with Gasteiger partial charge in [-0.3, -0.25) is 9.59 Å². The van der Waals surface area contributed by atoms with E-state index < -0.39 is 0 Å². The average molecular weight is 387 g/mol. The van der Waals surface area contributed by atoms with Gasteiger partial charge >= 0.3 is 0 Å². The molecule has 4 rings (SSSR count). The Kier molecular flexibility index (Phi) is 5.64. The molecule has 5 heteroatoms. The fourth-order valence-electron chi connectivity index (χ4n) is 3.75. The van der Waals surface area contributed by atoms with Crippen molar-refractivity contribution < 1.29 is 9.59 Å². The largest absolute Gasteiger partial charge is 0.339 e. The highest BCUT2D eigenvalue weighted by Crippen LogP contribution is 2.20. The number of carbonyl (C=O) groups is 2. The Morgan fingerprint density at radius 1 is 0.931 bits per heavy atom. The Bertz CT molecular complexity index is 967. The third-order valence-corrected chi connectivity index (χ3v) is 5.58. The highest BCUT2D eigenvalue weighted by atomic mass is 16.2. The maximum atomic E-state index is 12.9. The SMILES string of the molecule is CN1CCN(C(=O)CN2CCc3cc(C#Cc4ccccc4)ccc3C2=O)CC1. The van der Waals surface area contributed by atoms with E-state index in [0.29, 0.717) is 12.1 Å². The van der Waals surface area contributed by atoms with Crippen molar-refractivity contribution >= 4 is 11.8 Å². The van der Waals surface area contributed by atoms with Crippen molar-refractivity contribution in [2.75, 3.05) is 46.3 Å². The predicted octanol–water partition coefficient (Wildman–Crippen LogP) is 1.86. The van der Waals surface area contributed by atoms with Gasteiger partial charge in [-0.15, -0.1) is 0 Å². The smallest absolute Gasteiger partial charge is 0.254 e. The minimum absolute atomic E-state index is 0.0419. The van der Waals surface area contributed by atoms with Crippen molar-refractivity contribution in [3.63, 3.8) is 0 Å². The number of benzene rings is 2. The fraction of sp³-hybridized carbons (Fsp3) is 0.333. The van der Waals surface area contributed by atoms with Crippen LogP contribution in [0.25, 0.3) is 0 Å². The van der Waals surface area contributed by atoms with Crippen LogP contribution in [0.1, 0.15) is 27.0 Å². The minimum Gasteiger partial charge on any atom is -0.339 e. The molecule has 29 heavy (non-hydrogen) atoms. The lowest BCUT2D eigenvalue weighted by Crippen LogP contribution is -2.51. The summed E-state index contributed by atoms with van der Waals surface area (Å²) >= 11 is 0. The minimum atomic E-state index is -0.0590. The number of rotatable bonds is 2. The number of piperazine rings is 1. The van der Waals surface area contributed by atoms with Gasteiger partial charge in [0, 0.05) is 49.4 Å². The maximum Gasteiger partial charge on any atom is 0.254 e. The Hall–Kier alpha value is -3.10. The van der Waals surface area contributed by atoms with Crippen molar-refractivity contribution in [2.24, 2.45) is 0 Å². The van der Waals surface area contributed by atoms with Crippen LogP contribution in [-0.2, 0) is 11.2 Å². The summed E-state index contributed by atoms with van der Waals surface area (Å²) in [6.45, 7) is 3.97. The summed E-state index contributed by atoms with van der Waals surface area (Å²) in [5.74, 6) is 6.31. The molecule has 0 spiro atoms. The van der Waals surface area contributed by atoms with Crippen LogP contribution in [0.4, 0.5) is 0 Å². The molecule has 0 atom stereocenters. The van der Waals surface area contributed by atoms with Gasteiger partial charge in [0.05, 0.1) is 0 Å². The first kappa shape index (κ1) is 19.2. The molecule has 5 nitrogen and oxygen atoms in total. The maximum absolute atomic E-state index is 12.9. The van der Waals surface area contributed by atoms with Gasteiger partial charge < -0.3 is 14.7 Å². The number of nitrogens with zero attached hydrogens (tertiary/aromatic N) is 3. The molecule has 2 aliphatic rings. The van der Waals surface area contributed by atoms with Gasteiger partial charge in [-0.2, -0.15) is 0 Å². The number of hydrogen-bond acceptors (Lipinski definition) is 3. The van der Waals surface area contributed by atoms with Crippen molar-refractivity contribution in [1.29, 1.82) is 0 Å². The quantitative estimate of drug-likeness (QED) is 0.739. The summed E-state index contributed by atoms with van der Waals surface area (Å²) in [6, 6.07) is 15.6. The lowest BCUT2D eigenvalue weighted by molar-refractivity contribution is -0.133. The van der Waals surface area contributed by atoms with Crippen LogP contribution in [0, 0.1) is 11.8 Å². The van der Waals surface area contributed by atoms with Crippen molar-refractivity contribution in [3.05, 3.63) is 70.8 Å². The normalized spacial score (nSPS) is 16.8. The van der Waals surface area contributed by atoms with E-state index >= 15 is 0 Å². The molecule has 2 heterocycles. The number of likely N-dealkylation sites (N-methyl/N-ethyl adjacent to an activating group) is 1. The van der Waals surface area contributed by atoms with Crippen LogP contribution in [0.3, 0.4) is 0 Å². The highest BCUT2D eigenvalue weighted by Gasteiger charge is 2.28. The van der Waals surface area contributed by atoms with Gasteiger partial charge in [0.25, 0.3) is 5.91 Å². The first-order valence-corrected chi connectivity index (χ1v) is 10.1. The molecule has 2 aromatic rings. The van der Waals surface area contributed by atoms with Gasteiger partial charge in [-0.25, -0.2) is 0 Å². The Labute approximate surface area is 171 Å². The van der Waals surface area contributed by atoms with E-state index in [1.54, 1.807) is 4.90 Å². The van der Waals surface area contributed by atoms with Crippen molar-refractivity contribution in [2.45, 2.75) is 6.42 Å². The molecule has 0 unspecified atom stereocenters. The summed E-state index contributed by atoms with van der Waals surface area (Å²) in [4.78, 5) is 31.2. The molecule has 1 fully saturated rings. The number of carbonyl (C=O) groups excluding carboxylic acids is 2. The number of fused-ring (bicyclic) bond motifs is 1. The van der Waals surface area contributed by atoms with E-state index in [2.05, 4.69) is 23.8 Å². The highest BCUT2D eigenvalue weighted by molar-refractivity contribution is 5.98. The lowest BCUT2D eigenvalue weighted by Gasteiger charge is -2.35. The zero-order chi connectivity index (χ0) is 20.2. The van der Waals surface area contributed by atoms with E-state index in [9.17, 15) is 9.59 Å². The fourth-order valence-corrected chi connectivity index (χ4v) is 3.75. The van der Waals surface area contributed by atoms with Crippen LogP contribution >= 0.6 is 0 Å². The van der Waals surface area contributed by atoms with Crippen LogP contribution in [0.2, 0.25) is 0 Å². The molecule has 148 valence electrons. The van der Waals surface area contributed by atoms with Gasteiger partial charge in [0.2, 0.25) is 5.91 Å².